The van der Waals surface area contributed by atoms with Gasteiger partial charge in [0.2, 0.25) is 0 Å². The van der Waals surface area contributed by atoms with Crippen LogP contribution in [0.1, 0.15) is 61.1 Å². The number of benzene rings is 2. The molecule has 4 heterocycles. The Morgan fingerprint density at radius 1 is 1.07 bits per heavy atom. The van der Waals surface area contributed by atoms with E-state index in [9.17, 15) is 9.90 Å². The standard InChI is InChI=1S/C34H38ClN3O4/c1-34(2,40)24-9-12-32-30(20-24)28(29-5-3-15-36-31(29)22-41-32)6-4-16-37-17-13-26(14-18-37)38-27(21-42-33(38)39)19-23-7-10-25(35)11-8-23/h3,5-12,15,20,26-27,40H,4,13-14,16-19,21-22H2,1-2H3/b28-6-. The Kier molecular flexibility index (Phi) is 8.26. The quantitative estimate of drug-likeness (QED) is 0.354. The van der Waals surface area contributed by atoms with Gasteiger partial charge in [0.25, 0.3) is 0 Å². The Labute approximate surface area is 252 Å². The van der Waals surface area contributed by atoms with Crippen LogP contribution in [0.5, 0.6) is 5.75 Å². The van der Waals surface area contributed by atoms with E-state index in [-0.39, 0.29) is 18.2 Å². The minimum absolute atomic E-state index is 0.0555. The van der Waals surface area contributed by atoms with Crippen molar-refractivity contribution >= 4 is 23.3 Å². The number of rotatable bonds is 7. The minimum atomic E-state index is -0.954. The second-order valence-corrected chi connectivity index (χ2v) is 12.4. The maximum atomic E-state index is 12.7. The molecule has 1 unspecified atom stereocenters. The van der Waals surface area contributed by atoms with E-state index in [2.05, 4.69) is 22.0 Å². The number of ether oxygens (including phenoxy) is 2. The van der Waals surface area contributed by atoms with Crippen molar-refractivity contribution in [1.82, 2.24) is 14.8 Å². The highest BCUT2D eigenvalue weighted by molar-refractivity contribution is 6.30. The molecule has 2 aromatic carbocycles. The highest BCUT2D eigenvalue weighted by atomic mass is 35.5. The minimum Gasteiger partial charge on any atom is -0.487 e. The van der Waals surface area contributed by atoms with E-state index in [1.807, 2.05) is 53.4 Å². The normalized spacial score (nSPS) is 20.6. The predicted octanol–water partition coefficient (Wildman–Crippen LogP) is 6.20. The summed E-state index contributed by atoms with van der Waals surface area (Å²) in [6, 6.07) is 18.1. The molecule has 1 N–H and O–H groups in total. The molecule has 3 aromatic rings. The first-order valence-electron chi connectivity index (χ1n) is 14.8. The largest absolute Gasteiger partial charge is 0.487 e. The number of likely N-dealkylation sites (tertiary alicyclic amines) is 1. The summed E-state index contributed by atoms with van der Waals surface area (Å²) in [5.74, 6) is 0.804. The first-order valence-corrected chi connectivity index (χ1v) is 15.2. The van der Waals surface area contributed by atoms with E-state index in [0.717, 1.165) is 84.6 Å². The lowest BCUT2D eigenvalue weighted by atomic mass is 9.90. The van der Waals surface area contributed by atoms with E-state index >= 15 is 0 Å². The number of halogens is 1. The maximum Gasteiger partial charge on any atom is 0.410 e. The number of hydrogen-bond acceptors (Lipinski definition) is 6. The van der Waals surface area contributed by atoms with Crippen molar-refractivity contribution in [1.29, 1.82) is 0 Å². The number of aromatic nitrogens is 1. The van der Waals surface area contributed by atoms with E-state index in [1.54, 1.807) is 20.0 Å². The fraction of sp³-hybridized carbons (Fsp3) is 0.412. The van der Waals surface area contributed by atoms with Gasteiger partial charge in [-0.05, 0) is 86.6 Å². The van der Waals surface area contributed by atoms with Gasteiger partial charge in [0.1, 0.15) is 19.0 Å². The summed E-state index contributed by atoms with van der Waals surface area (Å²) in [6.07, 6.45) is 7.40. The molecule has 220 valence electrons. The topological polar surface area (TPSA) is 75.1 Å². The van der Waals surface area contributed by atoms with Crippen LogP contribution in [-0.4, -0.2) is 64.3 Å². The Hall–Kier alpha value is -3.39. The monoisotopic (exact) mass is 587 g/mol. The van der Waals surface area contributed by atoms with Crippen LogP contribution in [-0.2, 0) is 23.4 Å². The second-order valence-electron chi connectivity index (χ2n) is 12.0. The molecule has 3 aliphatic heterocycles. The number of aliphatic hydroxyl groups is 1. The van der Waals surface area contributed by atoms with Gasteiger partial charge >= 0.3 is 6.09 Å². The molecular formula is C34H38ClN3O4. The summed E-state index contributed by atoms with van der Waals surface area (Å²) in [4.78, 5) is 21.8. The Morgan fingerprint density at radius 3 is 2.62 bits per heavy atom. The molecule has 0 spiro atoms. The van der Waals surface area contributed by atoms with Crippen molar-refractivity contribution in [2.24, 2.45) is 0 Å². The van der Waals surface area contributed by atoms with Crippen molar-refractivity contribution in [2.75, 3.05) is 26.2 Å². The average Bonchev–Trinajstić information content (AvgIpc) is 3.26. The molecule has 0 aliphatic carbocycles. The summed E-state index contributed by atoms with van der Waals surface area (Å²) in [7, 11) is 0. The van der Waals surface area contributed by atoms with E-state index in [4.69, 9.17) is 21.1 Å². The number of piperidine rings is 1. The lowest BCUT2D eigenvalue weighted by molar-refractivity contribution is 0.0785. The van der Waals surface area contributed by atoms with Crippen LogP contribution < -0.4 is 4.74 Å². The Bertz CT molecular complexity index is 1460. The highest BCUT2D eigenvalue weighted by Gasteiger charge is 2.39. The smallest absolute Gasteiger partial charge is 0.410 e. The van der Waals surface area contributed by atoms with Crippen LogP contribution in [0.15, 0.2) is 66.9 Å². The fourth-order valence-electron chi connectivity index (χ4n) is 6.34. The lowest BCUT2D eigenvalue weighted by Gasteiger charge is -2.37. The van der Waals surface area contributed by atoms with Crippen LogP contribution >= 0.6 is 11.6 Å². The molecule has 42 heavy (non-hydrogen) atoms. The van der Waals surface area contributed by atoms with Crippen molar-refractivity contribution in [3.8, 4) is 5.75 Å². The maximum absolute atomic E-state index is 12.7. The molecule has 0 bridgehead atoms. The van der Waals surface area contributed by atoms with Crippen molar-refractivity contribution in [2.45, 2.75) is 63.8 Å². The summed E-state index contributed by atoms with van der Waals surface area (Å²) >= 11 is 6.06. The van der Waals surface area contributed by atoms with Gasteiger partial charge in [-0.2, -0.15) is 0 Å². The molecule has 1 amide bonds. The van der Waals surface area contributed by atoms with Crippen LogP contribution in [0.3, 0.4) is 0 Å². The van der Waals surface area contributed by atoms with Gasteiger partial charge in [0, 0.05) is 48.0 Å². The zero-order chi connectivity index (χ0) is 29.3. The molecule has 6 rings (SSSR count). The van der Waals surface area contributed by atoms with Gasteiger partial charge < -0.3 is 19.5 Å². The molecule has 3 aliphatic rings. The lowest BCUT2D eigenvalue weighted by Crippen LogP contribution is -2.49. The number of hydrogen-bond donors (Lipinski definition) is 1. The number of carbonyl (C=O) groups is 1. The third kappa shape index (κ3) is 6.19. The van der Waals surface area contributed by atoms with Crippen LogP contribution in [0.4, 0.5) is 4.79 Å². The van der Waals surface area contributed by atoms with Gasteiger partial charge in [-0.25, -0.2) is 4.79 Å². The molecule has 8 heteroatoms. The Morgan fingerprint density at radius 2 is 1.86 bits per heavy atom. The molecule has 1 aromatic heterocycles. The first-order chi connectivity index (χ1) is 20.3. The fourth-order valence-corrected chi connectivity index (χ4v) is 6.46. The number of pyridine rings is 1. The van der Waals surface area contributed by atoms with E-state index in [1.165, 1.54) is 0 Å². The van der Waals surface area contributed by atoms with Gasteiger partial charge in [-0.15, -0.1) is 0 Å². The number of fused-ring (bicyclic) bond motifs is 2. The first kappa shape index (κ1) is 28.7. The molecule has 1 atom stereocenters. The summed E-state index contributed by atoms with van der Waals surface area (Å²) in [5.41, 5.74) is 5.12. The third-order valence-corrected chi connectivity index (χ3v) is 8.91. The van der Waals surface area contributed by atoms with Gasteiger partial charge in [-0.1, -0.05) is 41.9 Å². The van der Waals surface area contributed by atoms with Gasteiger partial charge in [0.15, 0.2) is 0 Å². The summed E-state index contributed by atoms with van der Waals surface area (Å²) in [5, 5.41) is 11.4. The Balaban J connectivity index is 1.12. The van der Waals surface area contributed by atoms with Crippen LogP contribution in [0.2, 0.25) is 5.02 Å². The molecule has 2 fully saturated rings. The van der Waals surface area contributed by atoms with E-state index < -0.39 is 5.60 Å². The molecule has 7 nitrogen and oxygen atoms in total. The van der Waals surface area contributed by atoms with Crippen molar-refractivity contribution in [3.63, 3.8) is 0 Å². The van der Waals surface area contributed by atoms with Crippen molar-refractivity contribution in [3.05, 3.63) is 99.8 Å². The molecule has 0 saturated carbocycles. The number of amides is 1. The van der Waals surface area contributed by atoms with E-state index in [0.29, 0.717) is 18.2 Å². The third-order valence-electron chi connectivity index (χ3n) is 8.65. The molecule has 2 saturated heterocycles. The SMILES string of the molecule is CC(C)(O)c1ccc2c(c1)/C(=C\CCN1CCC(N3C(=O)OCC3Cc3ccc(Cl)cc3)CC1)c1cccnc1CO2. The van der Waals surface area contributed by atoms with Gasteiger partial charge in [0.05, 0.1) is 17.3 Å². The van der Waals surface area contributed by atoms with Crippen LogP contribution in [0, 0.1) is 0 Å². The van der Waals surface area contributed by atoms with Crippen LogP contribution in [0.25, 0.3) is 5.57 Å². The number of nitrogens with zero attached hydrogens (tertiary/aromatic N) is 3. The number of carbonyl (C=O) groups excluding carboxylic acids is 1. The summed E-state index contributed by atoms with van der Waals surface area (Å²) < 4.78 is 11.6. The zero-order valence-corrected chi connectivity index (χ0v) is 25.0. The number of cyclic esters (lactones) is 1. The zero-order valence-electron chi connectivity index (χ0n) is 24.3. The van der Waals surface area contributed by atoms with Crippen molar-refractivity contribution < 1.29 is 19.4 Å². The highest BCUT2D eigenvalue weighted by Crippen LogP contribution is 2.38. The molecule has 0 radical (unpaired) electrons. The van der Waals surface area contributed by atoms with Gasteiger partial charge in [-0.3, -0.25) is 9.88 Å². The predicted molar refractivity (Wildman–Crippen MR) is 164 cm³/mol. The second kappa shape index (κ2) is 12.1. The molecular weight excluding hydrogens is 550 g/mol. The average molecular weight is 588 g/mol. The summed E-state index contributed by atoms with van der Waals surface area (Å²) in [6.45, 7) is 7.25.